The molecule has 1 aliphatic heterocycles. The monoisotopic (exact) mass is 269 g/mol. The fraction of sp³-hybridized carbons (Fsp3) is 0.538. The van der Waals surface area contributed by atoms with E-state index in [9.17, 15) is 8.42 Å². The van der Waals surface area contributed by atoms with E-state index in [0.29, 0.717) is 18.1 Å². The van der Waals surface area contributed by atoms with Gasteiger partial charge in [0, 0.05) is 19.3 Å². The van der Waals surface area contributed by atoms with Gasteiger partial charge in [-0.15, -0.1) is 0 Å². The van der Waals surface area contributed by atoms with E-state index in [-0.39, 0.29) is 6.04 Å². The molecule has 1 aromatic rings. The van der Waals surface area contributed by atoms with Crippen molar-refractivity contribution >= 4 is 10.0 Å². The van der Waals surface area contributed by atoms with Crippen molar-refractivity contribution in [3.8, 4) is 0 Å². The van der Waals surface area contributed by atoms with Crippen LogP contribution in [0.5, 0.6) is 0 Å². The maximum Gasteiger partial charge on any atom is 0.240 e. The number of ether oxygens (including phenoxy) is 1. The molecule has 2 rings (SSSR count). The van der Waals surface area contributed by atoms with E-state index in [4.69, 9.17) is 4.74 Å². The van der Waals surface area contributed by atoms with Gasteiger partial charge in [-0.05, 0) is 49.9 Å². The van der Waals surface area contributed by atoms with Gasteiger partial charge in [0.05, 0.1) is 4.90 Å². The van der Waals surface area contributed by atoms with Crippen LogP contribution < -0.4 is 4.72 Å². The molecule has 0 bridgehead atoms. The summed E-state index contributed by atoms with van der Waals surface area (Å²) in [5.74, 6) is 0. The number of nitrogens with one attached hydrogen (secondary N) is 1. The van der Waals surface area contributed by atoms with Gasteiger partial charge in [0.1, 0.15) is 0 Å². The topological polar surface area (TPSA) is 55.4 Å². The van der Waals surface area contributed by atoms with E-state index in [2.05, 4.69) is 4.72 Å². The summed E-state index contributed by atoms with van der Waals surface area (Å²) >= 11 is 0. The normalized spacial score (nSPS) is 17.9. The van der Waals surface area contributed by atoms with Gasteiger partial charge < -0.3 is 4.74 Å². The first kappa shape index (κ1) is 13.5. The first-order chi connectivity index (χ1) is 8.49. The van der Waals surface area contributed by atoms with Crippen LogP contribution in [0.3, 0.4) is 0 Å². The summed E-state index contributed by atoms with van der Waals surface area (Å²) in [5.41, 5.74) is 2.09. The maximum atomic E-state index is 12.2. The zero-order valence-electron chi connectivity index (χ0n) is 10.8. The lowest BCUT2D eigenvalue weighted by atomic mass is 10.1. The van der Waals surface area contributed by atoms with Crippen LogP contribution in [0.4, 0.5) is 0 Å². The first-order valence-corrected chi connectivity index (χ1v) is 7.65. The van der Waals surface area contributed by atoms with Crippen molar-refractivity contribution in [2.75, 3.05) is 13.2 Å². The second kappa shape index (κ2) is 5.38. The van der Waals surface area contributed by atoms with E-state index in [1.165, 1.54) is 0 Å². The Morgan fingerprint density at radius 1 is 1.17 bits per heavy atom. The minimum atomic E-state index is -3.40. The Hall–Kier alpha value is -0.910. The quantitative estimate of drug-likeness (QED) is 0.909. The molecule has 1 fully saturated rings. The first-order valence-electron chi connectivity index (χ1n) is 6.16. The molecule has 0 spiro atoms. The lowest BCUT2D eigenvalue weighted by Crippen LogP contribution is -2.38. The highest BCUT2D eigenvalue weighted by Crippen LogP contribution is 2.16. The molecule has 100 valence electrons. The lowest BCUT2D eigenvalue weighted by molar-refractivity contribution is 0.0832. The molecule has 0 aliphatic carbocycles. The van der Waals surface area contributed by atoms with Gasteiger partial charge in [-0.25, -0.2) is 13.1 Å². The minimum Gasteiger partial charge on any atom is -0.381 e. The standard InChI is InChI=1S/C13H19NO3S/c1-10-3-4-13(9-11(10)2)18(15,16)14-12-5-7-17-8-6-12/h3-4,9,12,14H,5-8H2,1-2H3. The third kappa shape index (κ3) is 3.10. The Bertz CT molecular complexity index is 519. The average Bonchev–Trinajstić information content (AvgIpc) is 2.33. The van der Waals surface area contributed by atoms with Crippen molar-refractivity contribution < 1.29 is 13.2 Å². The Labute approximate surface area is 108 Å². The number of rotatable bonds is 3. The Morgan fingerprint density at radius 2 is 1.83 bits per heavy atom. The minimum absolute atomic E-state index is 0.00893. The van der Waals surface area contributed by atoms with Gasteiger partial charge in [0.2, 0.25) is 10.0 Å². The van der Waals surface area contributed by atoms with Gasteiger partial charge in [-0.3, -0.25) is 0 Å². The lowest BCUT2D eigenvalue weighted by Gasteiger charge is -2.23. The summed E-state index contributed by atoms with van der Waals surface area (Å²) in [6.45, 7) is 5.14. The molecule has 0 saturated carbocycles. The molecule has 18 heavy (non-hydrogen) atoms. The number of hydrogen-bond acceptors (Lipinski definition) is 3. The highest BCUT2D eigenvalue weighted by Gasteiger charge is 2.22. The van der Waals surface area contributed by atoms with E-state index in [0.717, 1.165) is 24.0 Å². The Kier molecular flexibility index (Phi) is 4.04. The van der Waals surface area contributed by atoms with Crippen molar-refractivity contribution in [1.82, 2.24) is 4.72 Å². The molecule has 1 aromatic carbocycles. The predicted molar refractivity (Wildman–Crippen MR) is 70.1 cm³/mol. The highest BCUT2D eigenvalue weighted by molar-refractivity contribution is 7.89. The SMILES string of the molecule is Cc1ccc(S(=O)(=O)NC2CCOCC2)cc1C. The van der Waals surface area contributed by atoms with Crippen molar-refractivity contribution in [2.45, 2.75) is 37.6 Å². The van der Waals surface area contributed by atoms with Crippen LogP contribution in [0.1, 0.15) is 24.0 Å². The van der Waals surface area contributed by atoms with Crippen LogP contribution in [0.2, 0.25) is 0 Å². The molecule has 1 aliphatic rings. The molecule has 5 heteroatoms. The molecule has 0 unspecified atom stereocenters. The highest BCUT2D eigenvalue weighted by atomic mass is 32.2. The van der Waals surface area contributed by atoms with Crippen LogP contribution in [0.25, 0.3) is 0 Å². The average molecular weight is 269 g/mol. The molecule has 0 radical (unpaired) electrons. The van der Waals surface area contributed by atoms with Crippen molar-refractivity contribution in [2.24, 2.45) is 0 Å². The van der Waals surface area contributed by atoms with Crippen molar-refractivity contribution in [3.63, 3.8) is 0 Å². The fourth-order valence-electron chi connectivity index (χ4n) is 1.98. The summed E-state index contributed by atoms with van der Waals surface area (Å²) in [6, 6.07) is 5.21. The number of sulfonamides is 1. The Balaban J connectivity index is 2.16. The second-order valence-corrected chi connectivity index (χ2v) is 6.47. The molecular weight excluding hydrogens is 250 g/mol. The molecule has 0 aromatic heterocycles. The molecule has 0 amide bonds. The van der Waals surface area contributed by atoms with Crippen LogP contribution in [0, 0.1) is 13.8 Å². The molecule has 1 saturated heterocycles. The third-order valence-electron chi connectivity index (χ3n) is 3.33. The fourth-order valence-corrected chi connectivity index (χ4v) is 3.37. The van der Waals surface area contributed by atoms with E-state index >= 15 is 0 Å². The molecule has 4 nitrogen and oxygen atoms in total. The third-order valence-corrected chi connectivity index (χ3v) is 4.85. The zero-order chi connectivity index (χ0) is 13.2. The predicted octanol–water partition coefficient (Wildman–Crippen LogP) is 1.76. The van der Waals surface area contributed by atoms with Crippen LogP contribution >= 0.6 is 0 Å². The zero-order valence-corrected chi connectivity index (χ0v) is 11.6. The van der Waals surface area contributed by atoms with Gasteiger partial charge in [0.25, 0.3) is 0 Å². The van der Waals surface area contributed by atoms with Crippen LogP contribution in [-0.2, 0) is 14.8 Å². The summed E-state index contributed by atoms with van der Waals surface area (Å²) in [7, 11) is -3.40. The summed E-state index contributed by atoms with van der Waals surface area (Å²) in [5, 5.41) is 0. The van der Waals surface area contributed by atoms with Gasteiger partial charge in [-0.1, -0.05) is 6.07 Å². The smallest absolute Gasteiger partial charge is 0.240 e. The maximum absolute atomic E-state index is 12.2. The van der Waals surface area contributed by atoms with Crippen molar-refractivity contribution in [3.05, 3.63) is 29.3 Å². The Morgan fingerprint density at radius 3 is 2.44 bits per heavy atom. The number of aryl methyl sites for hydroxylation is 2. The summed E-state index contributed by atoms with van der Waals surface area (Å²) < 4.78 is 32.4. The summed E-state index contributed by atoms with van der Waals surface area (Å²) in [6.07, 6.45) is 1.48. The van der Waals surface area contributed by atoms with E-state index in [1.54, 1.807) is 12.1 Å². The number of benzene rings is 1. The van der Waals surface area contributed by atoms with Gasteiger partial charge in [-0.2, -0.15) is 0 Å². The molecule has 1 N–H and O–H groups in total. The summed E-state index contributed by atoms with van der Waals surface area (Å²) in [4.78, 5) is 0.345. The van der Waals surface area contributed by atoms with Crippen LogP contribution in [-0.4, -0.2) is 27.7 Å². The van der Waals surface area contributed by atoms with E-state index < -0.39 is 10.0 Å². The van der Waals surface area contributed by atoms with E-state index in [1.807, 2.05) is 19.9 Å². The molecule has 0 atom stereocenters. The van der Waals surface area contributed by atoms with Gasteiger partial charge in [0.15, 0.2) is 0 Å². The largest absolute Gasteiger partial charge is 0.381 e. The second-order valence-electron chi connectivity index (χ2n) is 4.75. The van der Waals surface area contributed by atoms with Crippen LogP contribution in [0.15, 0.2) is 23.1 Å². The number of hydrogen-bond donors (Lipinski definition) is 1. The van der Waals surface area contributed by atoms with Crippen molar-refractivity contribution in [1.29, 1.82) is 0 Å². The molecular formula is C13H19NO3S. The van der Waals surface area contributed by atoms with Gasteiger partial charge >= 0.3 is 0 Å². The molecule has 1 heterocycles.